The first-order chi connectivity index (χ1) is 9.33. The summed E-state index contributed by atoms with van der Waals surface area (Å²) in [5.74, 6) is 0.890. The summed E-state index contributed by atoms with van der Waals surface area (Å²) in [7, 11) is 0. The molecule has 0 bridgehead atoms. The number of allylic oxidation sites excluding steroid dienone is 2. The molecule has 1 N–H and O–H groups in total. The van der Waals surface area contributed by atoms with Crippen molar-refractivity contribution in [2.24, 2.45) is 5.92 Å². The van der Waals surface area contributed by atoms with Crippen molar-refractivity contribution in [3.63, 3.8) is 0 Å². The van der Waals surface area contributed by atoms with Gasteiger partial charge in [0.2, 0.25) is 0 Å². The molecule has 1 aromatic rings. The average Bonchev–Trinajstić information content (AvgIpc) is 3.25. The Kier molecular flexibility index (Phi) is 2.41. The third kappa shape index (κ3) is 1.85. The molecule has 1 fully saturated rings. The van der Waals surface area contributed by atoms with Gasteiger partial charge in [-0.05, 0) is 48.8 Å². The van der Waals surface area contributed by atoms with Crippen molar-refractivity contribution >= 4 is 5.70 Å². The SMILES string of the molecule is CC1=C(c2ccccc2)NC2CC(C3CC3)=CC=C12. The molecule has 19 heavy (non-hydrogen) atoms. The highest BCUT2D eigenvalue weighted by molar-refractivity contribution is 5.76. The molecule has 1 saturated carbocycles. The summed E-state index contributed by atoms with van der Waals surface area (Å²) in [6, 6.07) is 11.2. The zero-order chi connectivity index (χ0) is 12.8. The van der Waals surface area contributed by atoms with Crippen molar-refractivity contribution in [1.29, 1.82) is 0 Å². The Labute approximate surface area is 114 Å². The van der Waals surface area contributed by atoms with E-state index in [1.165, 1.54) is 41.7 Å². The van der Waals surface area contributed by atoms with E-state index in [1.54, 1.807) is 5.57 Å². The maximum absolute atomic E-state index is 3.74. The highest BCUT2D eigenvalue weighted by atomic mass is 15.0. The molecule has 1 atom stereocenters. The van der Waals surface area contributed by atoms with Crippen LogP contribution in [0.2, 0.25) is 0 Å². The van der Waals surface area contributed by atoms with Crippen molar-refractivity contribution in [3.05, 3.63) is 64.8 Å². The summed E-state index contributed by atoms with van der Waals surface area (Å²) in [5, 5.41) is 3.74. The fraction of sp³-hybridized carbons (Fsp3) is 0.333. The Balaban J connectivity index is 1.69. The van der Waals surface area contributed by atoms with Gasteiger partial charge in [0.05, 0.1) is 6.04 Å². The van der Waals surface area contributed by atoms with E-state index in [4.69, 9.17) is 0 Å². The van der Waals surface area contributed by atoms with E-state index in [-0.39, 0.29) is 0 Å². The van der Waals surface area contributed by atoms with Crippen LogP contribution in [0.15, 0.2) is 59.2 Å². The molecule has 1 nitrogen and oxygen atoms in total. The lowest BCUT2D eigenvalue weighted by molar-refractivity contribution is 0.667. The fourth-order valence-corrected chi connectivity index (χ4v) is 3.33. The number of nitrogens with one attached hydrogen (secondary N) is 1. The largest absolute Gasteiger partial charge is 0.377 e. The maximum atomic E-state index is 3.74. The summed E-state index contributed by atoms with van der Waals surface area (Å²) in [6.45, 7) is 2.25. The lowest BCUT2D eigenvalue weighted by Crippen LogP contribution is -2.26. The molecule has 1 aliphatic heterocycles. The second kappa shape index (κ2) is 4.12. The molecular weight excluding hydrogens is 230 g/mol. The van der Waals surface area contributed by atoms with Crippen LogP contribution in [0.4, 0.5) is 0 Å². The smallest absolute Gasteiger partial charge is 0.0554 e. The van der Waals surface area contributed by atoms with Crippen LogP contribution < -0.4 is 5.32 Å². The van der Waals surface area contributed by atoms with Gasteiger partial charge in [0.15, 0.2) is 0 Å². The molecule has 2 aliphatic carbocycles. The van der Waals surface area contributed by atoms with Gasteiger partial charge in [0, 0.05) is 5.70 Å². The van der Waals surface area contributed by atoms with E-state index in [2.05, 4.69) is 54.7 Å². The average molecular weight is 249 g/mol. The number of hydrogen-bond acceptors (Lipinski definition) is 1. The second-order valence-electron chi connectivity index (χ2n) is 5.90. The van der Waals surface area contributed by atoms with Gasteiger partial charge in [0.1, 0.15) is 0 Å². The molecule has 1 unspecified atom stereocenters. The highest BCUT2D eigenvalue weighted by Crippen LogP contribution is 2.43. The molecule has 4 rings (SSSR count). The second-order valence-corrected chi connectivity index (χ2v) is 5.90. The van der Waals surface area contributed by atoms with Crippen molar-refractivity contribution in [1.82, 2.24) is 5.32 Å². The lowest BCUT2D eigenvalue weighted by Gasteiger charge is -2.21. The van der Waals surface area contributed by atoms with Crippen LogP contribution in [0.1, 0.15) is 31.7 Å². The minimum atomic E-state index is 0.510. The van der Waals surface area contributed by atoms with E-state index in [9.17, 15) is 0 Å². The van der Waals surface area contributed by atoms with E-state index >= 15 is 0 Å². The van der Waals surface area contributed by atoms with Crippen LogP contribution >= 0.6 is 0 Å². The van der Waals surface area contributed by atoms with Crippen LogP contribution in [0.3, 0.4) is 0 Å². The van der Waals surface area contributed by atoms with Crippen molar-refractivity contribution in [3.8, 4) is 0 Å². The summed E-state index contributed by atoms with van der Waals surface area (Å²) >= 11 is 0. The van der Waals surface area contributed by atoms with Gasteiger partial charge in [-0.15, -0.1) is 0 Å². The molecule has 3 aliphatic rings. The molecule has 0 saturated heterocycles. The Morgan fingerprint density at radius 1 is 1.05 bits per heavy atom. The van der Waals surface area contributed by atoms with E-state index in [0.29, 0.717) is 6.04 Å². The summed E-state index contributed by atoms with van der Waals surface area (Å²) < 4.78 is 0. The monoisotopic (exact) mass is 249 g/mol. The van der Waals surface area contributed by atoms with Gasteiger partial charge < -0.3 is 5.32 Å². The Morgan fingerprint density at radius 2 is 1.84 bits per heavy atom. The zero-order valence-electron chi connectivity index (χ0n) is 11.3. The number of benzene rings is 1. The summed E-state index contributed by atoms with van der Waals surface area (Å²) in [5.41, 5.74) is 7.19. The Morgan fingerprint density at radius 3 is 2.58 bits per heavy atom. The van der Waals surface area contributed by atoms with Gasteiger partial charge in [-0.2, -0.15) is 0 Å². The van der Waals surface area contributed by atoms with Gasteiger partial charge in [-0.25, -0.2) is 0 Å². The van der Waals surface area contributed by atoms with Crippen LogP contribution in [-0.4, -0.2) is 6.04 Å². The molecule has 0 amide bonds. The van der Waals surface area contributed by atoms with E-state index < -0.39 is 0 Å². The normalized spacial score (nSPS) is 25.6. The molecule has 1 heterocycles. The van der Waals surface area contributed by atoms with E-state index in [0.717, 1.165) is 5.92 Å². The first-order valence-electron chi connectivity index (χ1n) is 7.27. The standard InChI is InChI=1S/C18H19N/c1-12-16-10-9-15(13-7-8-13)11-17(16)19-18(12)14-5-3-2-4-6-14/h2-6,9-10,13,17,19H,7-8,11H2,1H3. The van der Waals surface area contributed by atoms with Gasteiger partial charge in [0.25, 0.3) is 0 Å². The molecule has 0 radical (unpaired) electrons. The molecular formula is C18H19N. The Hall–Kier alpha value is -1.76. The molecule has 0 aromatic heterocycles. The number of hydrogen-bond donors (Lipinski definition) is 1. The van der Waals surface area contributed by atoms with Gasteiger partial charge in [-0.1, -0.05) is 48.1 Å². The van der Waals surface area contributed by atoms with Crippen LogP contribution in [-0.2, 0) is 0 Å². The van der Waals surface area contributed by atoms with Crippen LogP contribution in [0.5, 0.6) is 0 Å². The Bertz CT molecular complexity index is 600. The summed E-state index contributed by atoms with van der Waals surface area (Å²) in [6.07, 6.45) is 8.73. The lowest BCUT2D eigenvalue weighted by atomic mass is 9.89. The van der Waals surface area contributed by atoms with Crippen molar-refractivity contribution < 1.29 is 0 Å². The van der Waals surface area contributed by atoms with Crippen molar-refractivity contribution in [2.75, 3.05) is 0 Å². The van der Waals surface area contributed by atoms with Crippen LogP contribution in [0, 0.1) is 5.92 Å². The molecule has 96 valence electrons. The minimum absolute atomic E-state index is 0.510. The number of rotatable bonds is 2. The quantitative estimate of drug-likeness (QED) is 0.833. The molecule has 1 aromatic carbocycles. The summed E-state index contributed by atoms with van der Waals surface area (Å²) in [4.78, 5) is 0. The first-order valence-corrected chi connectivity index (χ1v) is 7.27. The molecule has 1 heteroatoms. The molecule has 0 spiro atoms. The third-order valence-corrected chi connectivity index (χ3v) is 4.58. The van der Waals surface area contributed by atoms with E-state index in [1.807, 2.05) is 0 Å². The van der Waals surface area contributed by atoms with Crippen LogP contribution in [0.25, 0.3) is 5.70 Å². The van der Waals surface area contributed by atoms with Gasteiger partial charge >= 0.3 is 0 Å². The first kappa shape index (κ1) is 11.1. The highest BCUT2D eigenvalue weighted by Gasteiger charge is 2.34. The zero-order valence-corrected chi connectivity index (χ0v) is 11.3. The predicted octanol–water partition coefficient (Wildman–Crippen LogP) is 4.06. The minimum Gasteiger partial charge on any atom is -0.377 e. The number of fused-ring (bicyclic) bond motifs is 1. The topological polar surface area (TPSA) is 12.0 Å². The fourth-order valence-electron chi connectivity index (χ4n) is 3.33. The maximum Gasteiger partial charge on any atom is 0.0554 e. The van der Waals surface area contributed by atoms with Crippen molar-refractivity contribution in [2.45, 2.75) is 32.2 Å². The predicted molar refractivity (Wildman–Crippen MR) is 79.5 cm³/mol. The van der Waals surface area contributed by atoms with Gasteiger partial charge in [-0.3, -0.25) is 0 Å². The third-order valence-electron chi connectivity index (χ3n) is 4.58.